The number of amides is 2. The van der Waals surface area contributed by atoms with Crippen LogP contribution in [0.4, 0.5) is 5.69 Å². The maximum Gasteiger partial charge on any atom is 0.258 e. The number of aliphatic hydroxyl groups excluding tert-OH is 1. The Hall–Kier alpha value is -3.55. The van der Waals surface area contributed by atoms with E-state index < -0.39 is 28.1 Å². The second-order valence-corrected chi connectivity index (χ2v) is 14.4. The Morgan fingerprint density at radius 2 is 1.83 bits per heavy atom. The molecule has 0 saturated carbocycles. The fourth-order valence-corrected chi connectivity index (χ4v) is 6.62. The first-order valence-electron chi connectivity index (χ1n) is 15.7. The van der Waals surface area contributed by atoms with Gasteiger partial charge >= 0.3 is 0 Å². The van der Waals surface area contributed by atoms with Gasteiger partial charge in [0, 0.05) is 61.3 Å². The molecule has 47 heavy (non-hydrogen) atoms. The number of nitrogens with one attached hydrogen (secondary N) is 1. The number of nitrogens with zero attached hydrogens (tertiary/aromatic N) is 3. The average molecular weight is 687 g/mol. The number of aliphatic hydroxyl groups is 1. The molecule has 254 valence electrons. The molecule has 1 aliphatic rings. The Morgan fingerprint density at radius 3 is 2.51 bits per heavy atom. The van der Waals surface area contributed by atoms with Crippen LogP contribution in [0.3, 0.4) is 0 Å². The highest BCUT2D eigenvalue weighted by Crippen LogP contribution is 2.29. The average Bonchev–Trinajstić information content (AvgIpc) is 3.06. The number of anilines is 1. The number of fused-ring (bicyclic) bond motifs is 1. The van der Waals surface area contributed by atoms with E-state index >= 15 is 0 Å². The first-order valence-corrected chi connectivity index (χ1v) is 17.5. The first kappa shape index (κ1) is 36.3. The monoisotopic (exact) mass is 686 g/mol. The van der Waals surface area contributed by atoms with E-state index in [4.69, 9.17) is 21.1 Å². The summed E-state index contributed by atoms with van der Waals surface area (Å²) in [4.78, 5) is 32.8. The zero-order chi connectivity index (χ0) is 34.1. The minimum atomic E-state index is -3.85. The van der Waals surface area contributed by atoms with E-state index in [9.17, 15) is 23.1 Å². The number of halogens is 1. The lowest BCUT2D eigenvalue weighted by molar-refractivity contribution is -0.00834. The first-order chi connectivity index (χ1) is 22.4. The van der Waals surface area contributed by atoms with Crippen LogP contribution < -0.4 is 10.1 Å². The van der Waals surface area contributed by atoms with Gasteiger partial charge in [0.15, 0.2) is 0 Å². The molecule has 11 nitrogen and oxygen atoms in total. The molecular weight excluding hydrogens is 644 g/mol. The van der Waals surface area contributed by atoms with Gasteiger partial charge in [-0.05, 0) is 87.7 Å². The number of hydrogen-bond donors (Lipinski definition) is 2. The third-order valence-corrected chi connectivity index (χ3v) is 10.3. The Kier molecular flexibility index (Phi) is 12.8. The van der Waals surface area contributed by atoms with E-state index in [2.05, 4.69) is 10.3 Å². The second-order valence-electron chi connectivity index (χ2n) is 11.9. The highest BCUT2D eigenvalue weighted by molar-refractivity contribution is 7.89. The molecule has 4 rings (SSSR count). The number of benzene rings is 2. The van der Waals surface area contributed by atoms with Gasteiger partial charge < -0.3 is 24.8 Å². The molecule has 3 aromatic rings. The molecule has 0 radical (unpaired) electrons. The van der Waals surface area contributed by atoms with Crippen molar-refractivity contribution in [2.24, 2.45) is 5.92 Å². The molecule has 2 heterocycles. The van der Waals surface area contributed by atoms with Crippen molar-refractivity contribution < 1.29 is 32.6 Å². The molecular formula is C34H43ClN4O7S. The predicted molar refractivity (Wildman–Crippen MR) is 180 cm³/mol. The fraction of sp³-hybridized carbons (Fsp3) is 0.441. The molecule has 2 N–H and O–H groups in total. The van der Waals surface area contributed by atoms with E-state index in [0.29, 0.717) is 35.1 Å². The Labute approximate surface area is 281 Å². The van der Waals surface area contributed by atoms with Crippen molar-refractivity contribution in [1.82, 2.24) is 14.2 Å². The molecule has 0 aliphatic carbocycles. The minimum Gasteiger partial charge on any atom is -0.490 e. The van der Waals surface area contributed by atoms with Crippen LogP contribution in [-0.2, 0) is 14.8 Å². The van der Waals surface area contributed by atoms with Crippen LogP contribution in [0, 0.1) is 5.92 Å². The van der Waals surface area contributed by atoms with Gasteiger partial charge in [-0.25, -0.2) is 8.42 Å². The quantitative estimate of drug-likeness (QED) is 0.334. The maximum absolute atomic E-state index is 14.3. The number of ether oxygens (including phenoxy) is 2. The topological polar surface area (TPSA) is 138 Å². The summed E-state index contributed by atoms with van der Waals surface area (Å²) in [6, 6.07) is 13.5. The van der Waals surface area contributed by atoms with Gasteiger partial charge in [0.1, 0.15) is 5.75 Å². The van der Waals surface area contributed by atoms with Crippen LogP contribution in [0.25, 0.3) is 0 Å². The molecule has 2 aromatic carbocycles. The van der Waals surface area contributed by atoms with Gasteiger partial charge in [0.2, 0.25) is 10.0 Å². The van der Waals surface area contributed by atoms with Crippen LogP contribution in [0.5, 0.6) is 5.75 Å². The molecule has 2 amide bonds. The lowest BCUT2D eigenvalue weighted by Crippen LogP contribution is -2.48. The summed E-state index contributed by atoms with van der Waals surface area (Å²) in [7, 11) is -2.35. The fourth-order valence-electron chi connectivity index (χ4n) is 5.31. The van der Waals surface area contributed by atoms with Gasteiger partial charge in [-0.2, -0.15) is 4.31 Å². The third-order valence-electron chi connectivity index (χ3n) is 8.21. The van der Waals surface area contributed by atoms with E-state index in [1.165, 1.54) is 48.0 Å². The summed E-state index contributed by atoms with van der Waals surface area (Å²) in [5.74, 6) is -0.733. The van der Waals surface area contributed by atoms with Crippen molar-refractivity contribution in [2.45, 2.75) is 63.2 Å². The van der Waals surface area contributed by atoms with Crippen molar-refractivity contribution in [2.75, 3.05) is 38.7 Å². The highest BCUT2D eigenvalue weighted by atomic mass is 35.5. The smallest absolute Gasteiger partial charge is 0.258 e. The van der Waals surface area contributed by atoms with Crippen molar-refractivity contribution >= 4 is 39.1 Å². The highest BCUT2D eigenvalue weighted by Gasteiger charge is 2.32. The number of carbonyl (C=O) groups excluding carboxylic acids is 2. The van der Waals surface area contributed by atoms with Gasteiger partial charge in [0.25, 0.3) is 11.8 Å². The number of aromatic nitrogens is 1. The Bertz CT molecular complexity index is 1610. The molecule has 0 saturated heterocycles. The van der Waals surface area contributed by atoms with Crippen LogP contribution in [0.1, 0.15) is 60.7 Å². The van der Waals surface area contributed by atoms with Gasteiger partial charge in [-0.1, -0.05) is 18.5 Å². The summed E-state index contributed by atoms with van der Waals surface area (Å²) < 4.78 is 40.6. The van der Waals surface area contributed by atoms with Crippen LogP contribution in [-0.4, -0.2) is 91.1 Å². The van der Waals surface area contributed by atoms with E-state index in [1.807, 2.05) is 13.8 Å². The zero-order valence-electron chi connectivity index (χ0n) is 27.1. The number of rotatable bonds is 8. The number of sulfonamides is 1. The molecule has 0 unspecified atom stereocenters. The predicted octanol–water partition coefficient (Wildman–Crippen LogP) is 5.10. The van der Waals surface area contributed by atoms with Crippen LogP contribution in [0.2, 0.25) is 5.02 Å². The van der Waals surface area contributed by atoms with Crippen molar-refractivity contribution in [3.05, 3.63) is 83.1 Å². The lowest BCUT2D eigenvalue weighted by Gasteiger charge is -2.35. The number of hydrogen-bond acceptors (Lipinski definition) is 8. The third kappa shape index (κ3) is 9.51. The van der Waals surface area contributed by atoms with Crippen molar-refractivity contribution in [1.29, 1.82) is 0 Å². The van der Waals surface area contributed by atoms with E-state index in [-0.39, 0.29) is 48.1 Å². The van der Waals surface area contributed by atoms with Crippen LogP contribution in [0.15, 0.2) is 71.9 Å². The molecule has 1 aliphatic heterocycles. The number of pyridine rings is 1. The summed E-state index contributed by atoms with van der Waals surface area (Å²) in [5.41, 5.74) is 1.04. The normalized spacial score (nSPS) is 20.5. The van der Waals surface area contributed by atoms with E-state index in [1.54, 1.807) is 42.2 Å². The Balaban J connectivity index is 1.65. The standard InChI is InChI=1S/C34H43ClN4O7S/c1-23-20-39(24(2)22-40)34(42)30-19-28(37-33(41)26-14-16-36-17-15-26)10-13-31(30)46-25(3)7-5-6-18-45-32(23)21-38(4)47(43,44)29-11-8-27(35)9-12-29/h8-17,19,23-25,32,40H,5-7,18,20-22H2,1-4H3,(H,37,41)/t23-,24-,25-,32+/m0/s1. The van der Waals surface area contributed by atoms with Gasteiger partial charge in [0.05, 0.1) is 35.3 Å². The minimum absolute atomic E-state index is 0.0446. The lowest BCUT2D eigenvalue weighted by atomic mass is 10.0. The summed E-state index contributed by atoms with van der Waals surface area (Å²) in [6.07, 6.45) is 4.47. The van der Waals surface area contributed by atoms with E-state index in [0.717, 1.165) is 12.8 Å². The molecule has 0 fully saturated rings. The van der Waals surface area contributed by atoms with Gasteiger partial charge in [-0.15, -0.1) is 0 Å². The van der Waals surface area contributed by atoms with Crippen LogP contribution >= 0.6 is 11.6 Å². The number of carbonyl (C=O) groups is 2. The summed E-state index contributed by atoms with van der Waals surface area (Å²) in [6.45, 7) is 5.85. The zero-order valence-corrected chi connectivity index (χ0v) is 28.7. The molecule has 4 atom stereocenters. The maximum atomic E-state index is 14.3. The second kappa shape index (κ2) is 16.5. The molecule has 0 bridgehead atoms. The summed E-state index contributed by atoms with van der Waals surface area (Å²) >= 11 is 5.98. The summed E-state index contributed by atoms with van der Waals surface area (Å²) in [5, 5.41) is 13.5. The van der Waals surface area contributed by atoms with Gasteiger partial charge in [-0.3, -0.25) is 14.6 Å². The molecule has 1 aromatic heterocycles. The van der Waals surface area contributed by atoms with Crippen molar-refractivity contribution in [3.8, 4) is 5.75 Å². The SMILES string of the molecule is C[C@H]1CCCCO[C@H](CN(C)S(=O)(=O)c2ccc(Cl)cc2)[C@@H](C)CN([C@@H](C)CO)C(=O)c2cc(NC(=O)c3ccncc3)ccc2O1. The molecule has 0 spiro atoms. The number of likely N-dealkylation sites (N-methyl/N-ethyl adjacent to an activating group) is 1. The largest absolute Gasteiger partial charge is 0.490 e. The molecule has 13 heteroatoms. The Morgan fingerprint density at radius 1 is 1.13 bits per heavy atom. The van der Waals surface area contributed by atoms with Crippen molar-refractivity contribution in [3.63, 3.8) is 0 Å².